The largest absolute Gasteiger partial charge is 0.390 e. The average molecular weight is 275 g/mol. The number of rotatable bonds is 6. The summed E-state index contributed by atoms with van der Waals surface area (Å²) in [5, 5.41) is 22.2. The molecule has 0 bridgehead atoms. The van der Waals surface area contributed by atoms with Crippen LogP contribution >= 0.6 is 0 Å². The van der Waals surface area contributed by atoms with Crippen LogP contribution in [0.2, 0.25) is 0 Å². The lowest BCUT2D eigenvalue weighted by Crippen LogP contribution is -2.44. The van der Waals surface area contributed by atoms with Gasteiger partial charge < -0.3 is 10.4 Å². The first kappa shape index (κ1) is 16.6. The first-order chi connectivity index (χ1) is 9.30. The summed E-state index contributed by atoms with van der Waals surface area (Å²) in [5.74, 6) is 0. The number of nitrogens with one attached hydrogen (secondary N) is 1. The van der Waals surface area contributed by atoms with Crippen LogP contribution < -0.4 is 5.32 Å². The molecular weight excluding hydrogens is 250 g/mol. The zero-order valence-electron chi connectivity index (χ0n) is 12.8. The van der Waals surface area contributed by atoms with E-state index in [1.54, 1.807) is 6.07 Å². The number of likely N-dealkylation sites (N-methyl/N-ethyl adjacent to an activating group) is 1. The van der Waals surface area contributed by atoms with Crippen molar-refractivity contribution in [2.45, 2.75) is 39.0 Å². The summed E-state index contributed by atoms with van der Waals surface area (Å²) in [7, 11) is 1.97. The fourth-order valence-corrected chi connectivity index (χ4v) is 1.96. The van der Waals surface area contributed by atoms with E-state index in [1.165, 1.54) is 0 Å². The summed E-state index contributed by atoms with van der Waals surface area (Å²) in [4.78, 5) is 2.06. The van der Waals surface area contributed by atoms with Gasteiger partial charge in [-0.1, -0.05) is 12.1 Å². The molecule has 0 saturated heterocycles. The first-order valence-corrected chi connectivity index (χ1v) is 6.91. The summed E-state index contributed by atoms with van der Waals surface area (Å²) >= 11 is 0. The van der Waals surface area contributed by atoms with Gasteiger partial charge in [0.1, 0.15) is 0 Å². The molecule has 1 aromatic rings. The maximum absolute atomic E-state index is 10.0. The molecule has 1 rings (SSSR count). The molecule has 4 nitrogen and oxygen atoms in total. The van der Waals surface area contributed by atoms with Gasteiger partial charge in [-0.25, -0.2) is 0 Å². The smallest absolute Gasteiger partial charge is 0.0991 e. The number of nitrogens with zero attached hydrogens (tertiary/aromatic N) is 2. The van der Waals surface area contributed by atoms with Crippen molar-refractivity contribution < 1.29 is 5.11 Å². The van der Waals surface area contributed by atoms with Crippen LogP contribution in [0.25, 0.3) is 0 Å². The Balaban J connectivity index is 2.43. The van der Waals surface area contributed by atoms with Gasteiger partial charge in [-0.2, -0.15) is 5.26 Å². The van der Waals surface area contributed by atoms with Crippen LogP contribution in [0.4, 0.5) is 0 Å². The highest BCUT2D eigenvalue weighted by Crippen LogP contribution is 2.07. The van der Waals surface area contributed by atoms with Crippen LogP contribution in [0.15, 0.2) is 24.3 Å². The van der Waals surface area contributed by atoms with Gasteiger partial charge in [-0.3, -0.25) is 4.90 Å². The number of aliphatic hydroxyl groups excluding tert-OH is 1. The Labute approximate surface area is 122 Å². The van der Waals surface area contributed by atoms with Crippen molar-refractivity contribution in [3.8, 4) is 6.07 Å². The van der Waals surface area contributed by atoms with Gasteiger partial charge in [0.05, 0.1) is 17.7 Å². The van der Waals surface area contributed by atoms with Crippen LogP contribution in [-0.2, 0) is 6.54 Å². The molecule has 0 spiro atoms. The lowest BCUT2D eigenvalue weighted by Gasteiger charge is -2.25. The van der Waals surface area contributed by atoms with E-state index in [2.05, 4.69) is 37.1 Å². The third-order valence-corrected chi connectivity index (χ3v) is 2.90. The summed E-state index contributed by atoms with van der Waals surface area (Å²) in [6, 6.07) is 9.71. The topological polar surface area (TPSA) is 59.3 Å². The standard InChI is InChI=1S/C16H25N3O/c1-16(2,3)18-10-15(20)12-19(4)11-14-7-5-6-13(8-14)9-17/h5-8,15,18,20H,10-12H2,1-4H3. The van der Waals surface area contributed by atoms with E-state index in [0.29, 0.717) is 18.7 Å². The molecule has 0 amide bonds. The van der Waals surface area contributed by atoms with Gasteiger partial charge in [0, 0.05) is 25.2 Å². The normalized spacial score (nSPS) is 13.2. The van der Waals surface area contributed by atoms with Gasteiger partial charge in [0.15, 0.2) is 0 Å². The Morgan fingerprint density at radius 2 is 2.10 bits per heavy atom. The number of hydrogen-bond acceptors (Lipinski definition) is 4. The number of hydrogen-bond donors (Lipinski definition) is 2. The van der Waals surface area contributed by atoms with Crippen LogP contribution in [0.1, 0.15) is 31.9 Å². The van der Waals surface area contributed by atoms with Gasteiger partial charge in [0.2, 0.25) is 0 Å². The zero-order chi connectivity index (χ0) is 15.2. The molecule has 110 valence electrons. The Bertz CT molecular complexity index is 460. The highest BCUT2D eigenvalue weighted by molar-refractivity contribution is 5.32. The van der Waals surface area contributed by atoms with Gasteiger partial charge in [0.25, 0.3) is 0 Å². The average Bonchev–Trinajstić information content (AvgIpc) is 2.35. The number of nitriles is 1. The molecule has 1 atom stereocenters. The van der Waals surface area contributed by atoms with E-state index in [1.807, 2.05) is 25.2 Å². The maximum atomic E-state index is 10.0. The molecule has 20 heavy (non-hydrogen) atoms. The predicted molar refractivity (Wildman–Crippen MR) is 81.3 cm³/mol. The van der Waals surface area contributed by atoms with Crippen molar-refractivity contribution in [2.24, 2.45) is 0 Å². The van der Waals surface area contributed by atoms with Crippen LogP contribution in [0, 0.1) is 11.3 Å². The minimum atomic E-state index is -0.404. The predicted octanol–water partition coefficient (Wildman–Crippen LogP) is 1.74. The van der Waals surface area contributed by atoms with Crippen LogP contribution in [-0.4, -0.2) is 41.8 Å². The van der Waals surface area contributed by atoms with E-state index in [-0.39, 0.29) is 5.54 Å². The molecule has 2 N–H and O–H groups in total. The Hall–Kier alpha value is -1.41. The zero-order valence-corrected chi connectivity index (χ0v) is 12.8. The maximum Gasteiger partial charge on any atom is 0.0991 e. The minimum Gasteiger partial charge on any atom is -0.390 e. The van der Waals surface area contributed by atoms with Crippen molar-refractivity contribution in [3.63, 3.8) is 0 Å². The van der Waals surface area contributed by atoms with E-state index in [9.17, 15) is 5.11 Å². The summed E-state index contributed by atoms with van der Waals surface area (Å²) < 4.78 is 0. The number of aliphatic hydroxyl groups is 1. The van der Waals surface area contributed by atoms with Crippen LogP contribution in [0.3, 0.4) is 0 Å². The lowest BCUT2D eigenvalue weighted by atomic mass is 10.1. The van der Waals surface area contributed by atoms with Gasteiger partial charge in [-0.15, -0.1) is 0 Å². The quantitative estimate of drug-likeness (QED) is 0.830. The number of β-amino-alcohol motifs (C(OH)–C–C–N with tert-alkyl or cyclic N) is 1. The summed E-state index contributed by atoms with van der Waals surface area (Å²) in [6.45, 7) is 8.14. The van der Waals surface area contributed by atoms with Crippen molar-refractivity contribution in [1.29, 1.82) is 5.26 Å². The van der Waals surface area contributed by atoms with E-state index < -0.39 is 6.10 Å². The molecule has 4 heteroatoms. The molecule has 0 aromatic heterocycles. The first-order valence-electron chi connectivity index (χ1n) is 6.91. The number of benzene rings is 1. The Morgan fingerprint density at radius 3 is 2.70 bits per heavy atom. The summed E-state index contributed by atoms with van der Waals surface area (Å²) in [5.41, 5.74) is 1.77. The fourth-order valence-electron chi connectivity index (χ4n) is 1.96. The third kappa shape index (κ3) is 6.67. The Kier molecular flexibility index (Phi) is 6.15. The van der Waals surface area contributed by atoms with Crippen LogP contribution in [0.5, 0.6) is 0 Å². The third-order valence-electron chi connectivity index (χ3n) is 2.90. The van der Waals surface area contributed by atoms with Crippen molar-refractivity contribution in [1.82, 2.24) is 10.2 Å². The van der Waals surface area contributed by atoms with Crippen molar-refractivity contribution in [2.75, 3.05) is 20.1 Å². The van der Waals surface area contributed by atoms with Gasteiger partial charge >= 0.3 is 0 Å². The molecule has 1 aromatic carbocycles. The van der Waals surface area contributed by atoms with Crippen molar-refractivity contribution >= 4 is 0 Å². The molecule has 0 saturated carbocycles. The van der Waals surface area contributed by atoms with E-state index in [4.69, 9.17) is 5.26 Å². The Morgan fingerprint density at radius 1 is 1.40 bits per heavy atom. The summed E-state index contributed by atoms with van der Waals surface area (Å²) in [6.07, 6.45) is -0.404. The molecule has 0 radical (unpaired) electrons. The lowest BCUT2D eigenvalue weighted by molar-refractivity contribution is 0.114. The monoisotopic (exact) mass is 275 g/mol. The molecule has 0 aliphatic heterocycles. The molecule has 0 aliphatic carbocycles. The SMILES string of the molecule is CN(Cc1cccc(C#N)c1)CC(O)CNC(C)(C)C. The molecular formula is C16H25N3O. The highest BCUT2D eigenvalue weighted by atomic mass is 16.3. The van der Waals surface area contributed by atoms with Crippen molar-refractivity contribution in [3.05, 3.63) is 35.4 Å². The second kappa shape index (κ2) is 7.39. The second-order valence-corrected chi connectivity index (χ2v) is 6.29. The van der Waals surface area contributed by atoms with E-state index >= 15 is 0 Å². The molecule has 0 aliphatic rings. The molecule has 0 heterocycles. The molecule has 0 fully saturated rings. The molecule has 1 unspecified atom stereocenters. The highest BCUT2D eigenvalue weighted by Gasteiger charge is 2.13. The second-order valence-electron chi connectivity index (χ2n) is 6.29. The minimum absolute atomic E-state index is 0.0146. The fraction of sp³-hybridized carbons (Fsp3) is 0.562. The van der Waals surface area contributed by atoms with E-state index in [0.717, 1.165) is 12.1 Å². The van der Waals surface area contributed by atoms with Gasteiger partial charge in [-0.05, 0) is 45.5 Å².